The number of nitrogens with one attached hydrogen (secondary N) is 1. The predicted molar refractivity (Wildman–Crippen MR) is 65.9 cm³/mol. The number of ether oxygens (including phenoxy) is 1. The zero-order valence-corrected chi connectivity index (χ0v) is 10.9. The molecule has 92 valence electrons. The van der Waals surface area contributed by atoms with Crippen molar-refractivity contribution in [2.24, 2.45) is 0 Å². The lowest BCUT2D eigenvalue weighted by molar-refractivity contribution is 0.156. The molecule has 5 heteroatoms. The quantitative estimate of drug-likeness (QED) is 0.797. The van der Waals surface area contributed by atoms with Gasteiger partial charge in [-0.1, -0.05) is 18.5 Å². The van der Waals surface area contributed by atoms with Crippen LogP contribution in [0.3, 0.4) is 0 Å². The second-order valence-corrected chi connectivity index (χ2v) is 4.27. The van der Waals surface area contributed by atoms with Crippen LogP contribution in [0.2, 0.25) is 5.02 Å². The molecule has 0 bridgehead atoms. The molecule has 1 aromatic heterocycles. The van der Waals surface area contributed by atoms with Gasteiger partial charge < -0.3 is 10.1 Å². The summed E-state index contributed by atoms with van der Waals surface area (Å²) in [5, 5.41) is 8.38. The third kappa shape index (κ3) is 3.77. The molecule has 0 saturated heterocycles. The van der Waals surface area contributed by atoms with E-state index in [1.165, 1.54) is 0 Å². The molecule has 1 unspecified atom stereocenters. The van der Waals surface area contributed by atoms with Gasteiger partial charge in [0.15, 0.2) is 0 Å². The third-order valence-corrected chi connectivity index (χ3v) is 2.86. The van der Waals surface area contributed by atoms with Crippen molar-refractivity contribution in [2.45, 2.75) is 32.9 Å². The average Bonchev–Trinajstić information content (AvgIpc) is 2.58. The number of halogens is 1. The number of methoxy groups -OCH3 is 1. The topological polar surface area (TPSA) is 39.1 Å². The largest absolute Gasteiger partial charge is 0.383 e. The highest BCUT2D eigenvalue weighted by Gasteiger charge is 2.11. The monoisotopic (exact) mass is 245 g/mol. The molecule has 1 atom stereocenters. The molecule has 0 fully saturated rings. The lowest BCUT2D eigenvalue weighted by atomic mass is 10.3. The second-order valence-electron chi connectivity index (χ2n) is 3.87. The van der Waals surface area contributed by atoms with Crippen LogP contribution >= 0.6 is 11.6 Å². The van der Waals surface area contributed by atoms with Gasteiger partial charge in [-0.15, -0.1) is 0 Å². The van der Waals surface area contributed by atoms with Crippen molar-refractivity contribution in [3.63, 3.8) is 0 Å². The second kappa shape index (κ2) is 6.89. The number of aromatic nitrogens is 2. The smallest absolute Gasteiger partial charge is 0.0814 e. The minimum atomic E-state index is 0.277. The molecule has 1 heterocycles. The minimum Gasteiger partial charge on any atom is -0.383 e. The highest BCUT2D eigenvalue weighted by molar-refractivity contribution is 6.31. The minimum absolute atomic E-state index is 0.277. The fourth-order valence-corrected chi connectivity index (χ4v) is 1.68. The van der Waals surface area contributed by atoms with Crippen molar-refractivity contribution < 1.29 is 4.74 Å². The molecule has 1 aromatic rings. The van der Waals surface area contributed by atoms with Crippen molar-refractivity contribution >= 4 is 11.6 Å². The Labute approximate surface area is 102 Å². The normalized spacial score (nSPS) is 13.0. The molecule has 0 aliphatic rings. The van der Waals surface area contributed by atoms with Gasteiger partial charge in [-0.25, -0.2) is 0 Å². The summed E-state index contributed by atoms with van der Waals surface area (Å²) in [7, 11) is 1.71. The van der Waals surface area contributed by atoms with Gasteiger partial charge >= 0.3 is 0 Å². The highest BCUT2D eigenvalue weighted by Crippen LogP contribution is 2.13. The van der Waals surface area contributed by atoms with Gasteiger partial charge in [-0.3, -0.25) is 4.68 Å². The first kappa shape index (κ1) is 13.5. The van der Waals surface area contributed by atoms with Gasteiger partial charge in [0.1, 0.15) is 0 Å². The van der Waals surface area contributed by atoms with E-state index in [-0.39, 0.29) is 6.04 Å². The van der Waals surface area contributed by atoms with Gasteiger partial charge in [0.2, 0.25) is 0 Å². The summed E-state index contributed by atoms with van der Waals surface area (Å²) in [6.07, 6.45) is 2.79. The van der Waals surface area contributed by atoms with E-state index in [1.807, 2.05) is 11.6 Å². The van der Waals surface area contributed by atoms with Gasteiger partial charge in [-0.2, -0.15) is 5.10 Å². The summed E-state index contributed by atoms with van der Waals surface area (Å²) in [4.78, 5) is 0. The van der Waals surface area contributed by atoms with E-state index in [9.17, 15) is 0 Å². The Kier molecular flexibility index (Phi) is 5.80. The number of hydrogen-bond donors (Lipinski definition) is 1. The molecular formula is C11H20ClN3O. The molecule has 16 heavy (non-hydrogen) atoms. The summed E-state index contributed by atoms with van der Waals surface area (Å²) in [5.74, 6) is 0. The summed E-state index contributed by atoms with van der Waals surface area (Å²) in [6, 6.07) is 0.277. The standard InChI is InChI=1S/C11H20ClN3O/c1-4-5-13-10(8-16-3)7-15-9(2)11(12)6-14-15/h6,10,13H,4-5,7-8H2,1-3H3. The van der Waals surface area contributed by atoms with Crippen LogP contribution in [0.1, 0.15) is 19.0 Å². The molecule has 0 saturated carbocycles. The Morgan fingerprint density at radius 2 is 2.38 bits per heavy atom. The van der Waals surface area contributed by atoms with Crippen molar-refractivity contribution in [1.29, 1.82) is 0 Å². The van der Waals surface area contributed by atoms with Crippen LogP contribution in [-0.2, 0) is 11.3 Å². The zero-order valence-electron chi connectivity index (χ0n) is 10.2. The van der Waals surface area contributed by atoms with E-state index >= 15 is 0 Å². The number of rotatable bonds is 7. The van der Waals surface area contributed by atoms with E-state index in [0.717, 1.165) is 25.2 Å². The third-order valence-electron chi connectivity index (χ3n) is 2.49. The van der Waals surface area contributed by atoms with Crippen LogP contribution in [-0.4, -0.2) is 36.1 Å². The SMILES string of the molecule is CCCNC(COC)Cn1ncc(Cl)c1C. The Morgan fingerprint density at radius 1 is 1.62 bits per heavy atom. The van der Waals surface area contributed by atoms with Crippen molar-refractivity contribution in [3.05, 3.63) is 16.9 Å². The van der Waals surface area contributed by atoms with Crippen LogP contribution in [0.5, 0.6) is 0 Å². The Bertz CT molecular complexity index is 314. The van der Waals surface area contributed by atoms with Crippen LogP contribution in [0.25, 0.3) is 0 Å². The van der Waals surface area contributed by atoms with Gasteiger partial charge in [0, 0.05) is 7.11 Å². The van der Waals surface area contributed by atoms with Crippen molar-refractivity contribution in [1.82, 2.24) is 15.1 Å². The Morgan fingerprint density at radius 3 is 2.88 bits per heavy atom. The molecule has 0 aromatic carbocycles. The fraction of sp³-hybridized carbons (Fsp3) is 0.727. The fourth-order valence-electron chi connectivity index (χ4n) is 1.54. The molecule has 4 nitrogen and oxygen atoms in total. The highest BCUT2D eigenvalue weighted by atomic mass is 35.5. The maximum atomic E-state index is 5.96. The van der Waals surface area contributed by atoms with E-state index in [0.29, 0.717) is 11.6 Å². The first-order chi connectivity index (χ1) is 7.69. The van der Waals surface area contributed by atoms with Crippen LogP contribution in [0.15, 0.2) is 6.20 Å². The van der Waals surface area contributed by atoms with E-state index < -0.39 is 0 Å². The van der Waals surface area contributed by atoms with Gasteiger partial charge in [0.05, 0.1) is 36.1 Å². The molecule has 0 amide bonds. The maximum Gasteiger partial charge on any atom is 0.0814 e. The lowest BCUT2D eigenvalue weighted by Crippen LogP contribution is -2.38. The molecule has 0 radical (unpaired) electrons. The molecule has 1 rings (SSSR count). The summed E-state index contributed by atoms with van der Waals surface area (Å²) >= 11 is 5.96. The number of hydrogen-bond acceptors (Lipinski definition) is 3. The van der Waals surface area contributed by atoms with Crippen molar-refractivity contribution in [2.75, 3.05) is 20.3 Å². The summed E-state index contributed by atoms with van der Waals surface area (Å²) in [6.45, 7) is 6.57. The average molecular weight is 246 g/mol. The Balaban J connectivity index is 2.56. The first-order valence-corrected chi connectivity index (χ1v) is 5.97. The number of nitrogens with zero attached hydrogens (tertiary/aromatic N) is 2. The first-order valence-electron chi connectivity index (χ1n) is 5.59. The van der Waals surface area contributed by atoms with Crippen molar-refractivity contribution in [3.8, 4) is 0 Å². The Hall–Kier alpha value is -0.580. The summed E-state index contributed by atoms with van der Waals surface area (Å²) < 4.78 is 7.09. The van der Waals surface area contributed by atoms with E-state index in [4.69, 9.17) is 16.3 Å². The molecule has 1 N–H and O–H groups in total. The molecule has 0 aliphatic heterocycles. The summed E-state index contributed by atoms with van der Waals surface area (Å²) in [5.41, 5.74) is 1.00. The van der Waals surface area contributed by atoms with Gasteiger partial charge in [-0.05, 0) is 19.9 Å². The molecule has 0 aliphatic carbocycles. The van der Waals surface area contributed by atoms with Crippen LogP contribution < -0.4 is 5.32 Å². The molecular weight excluding hydrogens is 226 g/mol. The zero-order chi connectivity index (χ0) is 12.0. The van der Waals surface area contributed by atoms with E-state index in [2.05, 4.69) is 17.3 Å². The van der Waals surface area contributed by atoms with Crippen LogP contribution in [0.4, 0.5) is 0 Å². The van der Waals surface area contributed by atoms with E-state index in [1.54, 1.807) is 13.3 Å². The lowest BCUT2D eigenvalue weighted by Gasteiger charge is -2.18. The van der Waals surface area contributed by atoms with Gasteiger partial charge in [0.25, 0.3) is 0 Å². The molecule has 0 spiro atoms. The predicted octanol–water partition coefficient (Wildman–Crippen LogP) is 1.86. The van der Waals surface area contributed by atoms with Crippen LogP contribution in [0, 0.1) is 6.92 Å². The maximum absolute atomic E-state index is 5.96.